The fourth-order valence-corrected chi connectivity index (χ4v) is 2.57. The number of rotatable bonds is 4. The summed E-state index contributed by atoms with van der Waals surface area (Å²) in [7, 11) is 0. The summed E-state index contributed by atoms with van der Waals surface area (Å²) in [5, 5.41) is 18.7. The Bertz CT molecular complexity index is 555. The van der Waals surface area contributed by atoms with Gasteiger partial charge in [-0.05, 0) is 6.26 Å². The molecule has 0 radical (unpaired) electrons. The van der Waals surface area contributed by atoms with Crippen LogP contribution in [0.15, 0.2) is 15.8 Å². The summed E-state index contributed by atoms with van der Waals surface area (Å²) in [4.78, 5) is 25.6. The van der Waals surface area contributed by atoms with Crippen molar-refractivity contribution in [3.05, 3.63) is 32.6 Å². The highest BCUT2D eigenvalue weighted by Crippen LogP contribution is 2.27. The van der Waals surface area contributed by atoms with Gasteiger partial charge in [0.1, 0.15) is 12.3 Å². The van der Waals surface area contributed by atoms with Crippen LogP contribution in [0.2, 0.25) is 0 Å². The molecule has 0 spiro atoms. The van der Waals surface area contributed by atoms with Crippen molar-refractivity contribution in [1.29, 1.82) is 0 Å². The van der Waals surface area contributed by atoms with E-state index in [0.717, 1.165) is 0 Å². The number of aromatic nitrogens is 2. The molecule has 2 rings (SSSR count). The molecular weight excluding hydrogens is 272 g/mol. The number of aliphatic hydroxyl groups is 2. The number of aliphatic hydroxyl groups excluding tert-OH is 2. The summed E-state index contributed by atoms with van der Waals surface area (Å²) in [6.45, 7) is -0.312. The van der Waals surface area contributed by atoms with Crippen LogP contribution in [0.25, 0.3) is 0 Å². The van der Waals surface area contributed by atoms with Gasteiger partial charge in [0.15, 0.2) is 0 Å². The van der Waals surface area contributed by atoms with E-state index < -0.39 is 29.7 Å². The molecule has 7 nitrogen and oxygen atoms in total. The Morgan fingerprint density at radius 1 is 1.58 bits per heavy atom. The van der Waals surface area contributed by atoms with Crippen LogP contribution in [0.4, 0.5) is 0 Å². The second-order valence-electron chi connectivity index (χ2n) is 4.37. The highest BCUT2D eigenvalue weighted by atomic mass is 32.2. The molecule has 1 fully saturated rings. The van der Waals surface area contributed by atoms with Crippen molar-refractivity contribution in [1.82, 2.24) is 9.55 Å². The molecule has 19 heavy (non-hydrogen) atoms. The first-order valence-electron chi connectivity index (χ1n) is 5.84. The Balaban J connectivity index is 2.33. The van der Waals surface area contributed by atoms with E-state index in [2.05, 4.69) is 4.98 Å². The van der Waals surface area contributed by atoms with E-state index in [-0.39, 0.29) is 13.0 Å². The summed E-state index contributed by atoms with van der Waals surface area (Å²) in [5.74, 6) is 0.480. The molecule has 0 bridgehead atoms. The molecule has 3 atom stereocenters. The number of ether oxygens (including phenoxy) is 1. The number of thioether (sulfide) groups is 1. The number of hydrogen-bond acceptors (Lipinski definition) is 6. The molecule has 0 saturated carbocycles. The average Bonchev–Trinajstić information content (AvgIpc) is 2.74. The summed E-state index contributed by atoms with van der Waals surface area (Å²) >= 11 is 1.47. The average molecular weight is 288 g/mol. The van der Waals surface area contributed by atoms with Crippen LogP contribution in [0.5, 0.6) is 0 Å². The van der Waals surface area contributed by atoms with E-state index >= 15 is 0 Å². The number of hydrogen-bond donors (Lipinski definition) is 3. The maximum Gasteiger partial charge on any atom is 0.330 e. The summed E-state index contributed by atoms with van der Waals surface area (Å²) < 4.78 is 6.65. The van der Waals surface area contributed by atoms with E-state index in [1.807, 2.05) is 6.26 Å². The van der Waals surface area contributed by atoms with Crippen molar-refractivity contribution in [2.75, 3.05) is 12.9 Å². The minimum Gasteiger partial charge on any atom is -0.394 e. The lowest BCUT2D eigenvalue weighted by atomic mass is 10.2. The zero-order valence-corrected chi connectivity index (χ0v) is 11.2. The molecule has 0 aromatic carbocycles. The Hall–Kier alpha value is -1.09. The smallest absolute Gasteiger partial charge is 0.330 e. The van der Waals surface area contributed by atoms with E-state index in [9.17, 15) is 14.7 Å². The van der Waals surface area contributed by atoms with Crippen LogP contribution in [0, 0.1) is 0 Å². The Morgan fingerprint density at radius 3 is 2.89 bits per heavy atom. The minimum absolute atomic E-state index is 0.204. The molecule has 2 heterocycles. The van der Waals surface area contributed by atoms with E-state index in [0.29, 0.717) is 11.3 Å². The van der Waals surface area contributed by atoms with E-state index in [4.69, 9.17) is 9.84 Å². The zero-order chi connectivity index (χ0) is 14.0. The monoisotopic (exact) mass is 288 g/mol. The fourth-order valence-electron chi connectivity index (χ4n) is 2.05. The van der Waals surface area contributed by atoms with Crippen LogP contribution >= 0.6 is 11.8 Å². The lowest BCUT2D eigenvalue weighted by molar-refractivity contribution is -0.0459. The first-order chi connectivity index (χ1) is 9.06. The summed E-state index contributed by atoms with van der Waals surface area (Å²) in [6, 6.07) is 0. The topological polar surface area (TPSA) is 105 Å². The first kappa shape index (κ1) is 14.3. The maximum absolute atomic E-state index is 11.8. The van der Waals surface area contributed by atoms with Crippen molar-refractivity contribution in [3.8, 4) is 0 Å². The molecule has 0 unspecified atom stereocenters. The Labute approximate surface area is 113 Å². The van der Waals surface area contributed by atoms with Gasteiger partial charge in [0.25, 0.3) is 5.56 Å². The van der Waals surface area contributed by atoms with Crippen molar-refractivity contribution < 1.29 is 14.9 Å². The number of nitrogens with zero attached hydrogens (tertiary/aromatic N) is 1. The predicted octanol–water partition coefficient (Wildman–Crippen LogP) is -0.960. The van der Waals surface area contributed by atoms with Gasteiger partial charge in [-0.25, -0.2) is 4.79 Å². The molecule has 1 saturated heterocycles. The van der Waals surface area contributed by atoms with Crippen LogP contribution in [-0.4, -0.2) is 44.8 Å². The van der Waals surface area contributed by atoms with Gasteiger partial charge < -0.3 is 14.9 Å². The van der Waals surface area contributed by atoms with Crippen LogP contribution in [-0.2, 0) is 10.5 Å². The predicted molar refractivity (Wildman–Crippen MR) is 70.2 cm³/mol. The summed E-state index contributed by atoms with van der Waals surface area (Å²) in [5.41, 5.74) is -0.517. The number of H-pyrrole nitrogens is 1. The first-order valence-corrected chi connectivity index (χ1v) is 7.24. The fraction of sp³-hybridized carbons (Fsp3) is 0.636. The van der Waals surface area contributed by atoms with Gasteiger partial charge in [-0.15, -0.1) is 0 Å². The normalized spacial score (nSPS) is 26.8. The molecule has 0 amide bonds. The quantitative estimate of drug-likeness (QED) is 0.659. The number of nitrogens with one attached hydrogen (secondary N) is 1. The van der Waals surface area contributed by atoms with Gasteiger partial charge in [0, 0.05) is 23.9 Å². The van der Waals surface area contributed by atoms with Crippen molar-refractivity contribution in [3.63, 3.8) is 0 Å². The number of aromatic amines is 1. The largest absolute Gasteiger partial charge is 0.394 e. The third-order valence-electron chi connectivity index (χ3n) is 3.04. The van der Waals surface area contributed by atoms with Crippen molar-refractivity contribution in [2.24, 2.45) is 0 Å². The molecule has 1 aromatic rings. The van der Waals surface area contributed by atoms with Gasteiger partial charge in [-0.2, -0.15) is 11.8 Å². The Morgan fingerprint density at radius 2 is 2.32 bits per heavy atom. The molecule has 106 valence electrons. The van der Waals surface area contributed by atoms with Crippen molar-refractivity contribution >= 4 is 11.8 Å². The third-order valence-corrected chi connectivity index (χ3v) is 3.64. The maximum atomic E-state index is 11.8. The minimum atomic E-state index is -0.821. The zero-order valence-electron chi connectivity index (χ0n) is 10.4. The van der Waals surface area contributed by atoms with Gasteiger partial charge >= 0.3 is 5.69 Å². The standard InChI is InChI=1S/C11H16N2O5S/c1-19-5-6-3-13(11(17)12-10(6)16)9-2-7(15)8(4-14)18-9/h3,7-9,14-15H,2,4-5H2,1H3,(H,12,16,17)/t7-,8+,9+/m0/s1. The highest BCUT2D eigenvalue weighted by Gasteiger charge is 2.35. The second-order valence-corrected chi connectivity index (χ2v) is 5.23. The van der Waals surface area contributed by atoms with Gasteiger partial charge in [0.2, 0.25) is 0 Å². The molecule has 1 aliphatic heterocycles. The van der Waals surface area contributed by atoms with Gasteiger partial charge in [0.05, 0.1) is 12.7 Å². The molecule has 3 N–H and O–H groups in total. The third kappa shape index (κ3) is 2.92. The highest BCUT2D eigenvalue weighted by molar-refractivity contribution is 7.97. The van der Waals surface area contributed by atoms with E-state index in [1.165, 1.54) is 22.5 Å². The van der Waals surface area contributed by atoms with Crippen molar-refractivity contribution in [2.45, 2.75) is 30.6 Å². The molecule has 0 aliphatic carbocycles. The second kappa shape index (κ2) is 5.91. The lowest BCUT2D eigenvalue weighted by Crippen LogP contribution is -2.34. The lowest BCUT2D eigenvalue weighted by Gasteiger charge is -2.15. The van der Waals surface area contributed by atoms with Crippen LogP contribution in [0.3, 0.4) is 0 Å². The molecule has 1 aromatic heterocycles. The molecule has 8 heteroatoms. The van der Waals surface area contributed by atoms with Gasteiger partial charge in [-0.3, -0.25) is 14.3 Å². The van der Waals surface area contributed by atoms with Gasteiger partial charge in [-0.1, -0.05) is 0 Å². The Kier molecular flexibility index (Phi) is 4.46. The van der Waals surface area contributed by atoms with Crippen LogP contribution < -0.4 is 11.2 Å². The summed E-state index contributed by atoms with van der Waals surface area (Å²) in [6.07, 6.45) is 1.32. The molecular formula is C11H16N2O5S. The molecule has 1 aliphatic rings. The van der Waals surface area contributed by atoms with E-state index in [1.54, 1.807) is 0 Å². The SMILES string of the molecule is CSCc1cn([C@H]2C[C@H](O)[C@@H](CO)O2)c(=O)[nH]c1=O. The van der Waals surface area contributed by atoms with Crippen LogP contribution in [0.1, 0.15) is 18.2 Å².